The Kier molecular flexibility index (Phi) is 3.36. The molecule has 1 atom stereocenters. The summed E-state index contributed by atoms with van der Waals surface area (Å²) in [6.45, 7) is 8.11. The first-order chi connectivity index (χ1) is 8.52. The molecule has 1 aromatic carbocycles. The molecule has 0 saturated carbocycles. The lowest BCUT2D eigenvalue weighted by Gasteiger charge is -2.06. The van der Waals surface area contributed by atoms with Crippen LogP contribution in [0.15, 0.2) is 12.1 Å². The Labute approximate surface area is 106 Å². The molecule has 2 rings (SSSR count). The van der Waals surface area contributed by atoms with E-state index < -0.39 is 0 Å². The van der Waals surface area contributed by atoms with Crippen molar-refractivity contribution in [2.45, 2.75) is 33.6 Å². The second-order valence-electron chi connectivity index (χ2n) is 4.55. The molecule has 0 aliphatic carbocycles. The van der Waals surface area contributed by atoms with Gasteiger partial charge < -0.3 is 9.72 Å². The number of carbonyl (C=O) groups is 1. The van der Waals surface area contributed by atoms with Crippen LogP contribution in [0.3, 0.4) is 0 Å². The fourth-order valence-electron chi connectivity index (χ4n) is 1.87. The lowest BCUT2D eigenvalue weighted by molar-refractivity contribution is -0.144. The van der Waals surface area contributed by atoms with Gasteiger partial charge in [-0.3, -0.25) is 4.79 Å². The normalized spacial score (nSPS) is 12.7. The number of fused-ring (bicyclic) bond motifs is 1. The van der Waals surface area contributed by atoms with Crippen LogP contribution in [-0.2, 0) is 9.53 Å². The first-order valence-electron chi connectivity index (χ1n) is 6.16. The molecule has 0 aliphatic heterocycles. The van der Waals surface area contributed by atoms with Gasteiger partial charge in [0.1, 0.15) is 11.7 Å². The smallest absolute Gasteiger partial charge is 0.316 e. The van der Waals surface area contributed by atoms with Crippen LogP contribution in [0.2, 0.25) is 0 Å². The topological polar surface area (TPSA) is 55.0 Å². The van der Waals surface area contributed by atoms with Crippen LogP contribution in [0.5, 0.6) is 0 Å². The predicted molar refractivity (Wildman–Crippen MR) is 70.6 cm³/mol. The minimum absolute atomic E-state index is 0.245. The van der Waals surface area contributed by atoms with E-state index in [2.05, 4.69) is 29.9 Å². The molecule has 96 valence electrons. The number of hydrogen-bond acceptors (Lipinski definition) is 3. The monoisotopic (exact) mass is 246 g/mol. The first-order valence-corrected chi connectivity index (χ1v) is 6.16. The van der Waals surface area contributed by atoms with Crippen molar-refractivity contribution in [2.75, 3.05) is 6.61 Å². The molecule has 0 saturated heterocycles. The van der Waals surface area contributed by atoms with E-state index in [0.29, 0.717) is 12.4 Å². The number of rotatable bonds is 3. The maximum Gasteiger partial charge on any atom is 0.316 e. The number of aromatic amines is 1. The van der Waals surface area contributed by atoms with Gasteiger partial charge in [0.05, 0.1) is 17.6 Å². The molecule has 0 spiro atoms. The van der Waals surface area contributed by atoms with Gasteiger partial charge in [-0.05, 0) is 51.0 Å². The van der Waals surface area contributed by atoms with Crippen LogP contribution in [0, 0.1) is 13.8 Å². The molecule has 0 amide bonds. The summed E-state index contributed by atoms with van der Waals surface area (Å²) in [4.78, 5) is 19.3. The molecule has 1 N–H and O–H groups in total. The summed E-state index contributed by atoms with van der Waals surface area (Å²) in [5.74, 6) is 0.0522. The zero-order valence-corrected chi connectivity index (χ0v) is 11.2. The van der Waals surface area contributed by atoms with Crippen molar-refractivity contribution in [3.05, 3.63) is 29.1 Å². The molecule has 1 unspecified atom stereocenters. The highest BCUT2D eigenvalue weighted by Gasteiger charge is 2.20. The Balaban J connectivity index is 2.38. The molecule has 1 heterocycles. The molecule has 4 nitrogen and oxygen atoms in total. The number of carbonyl (C=O) groups excluding carboxylic acids is 1. The lowest BCUT2D eigenvalue weighted by Crippen LogP contribution is -2.14. The highest BCUT2D eigenvalue weighted by Crippen LogP contribution is 2.21. The van der Waals surface area contributed by atoms with Crippen molar-refractivity contribution in [1.82, 2.24) is 9.97 Å². The summed E-state index contributed by atoms with van der Waals surface area (Å²) in [5.41, 5.74) is 4.26. The van der Waals surface area contributed by atoms with Gasteiger partial charge in [-0.25, -0.2) is 4.98 Å². The third kappa shape index (κ3) is 2.23. The SMILES string of the molecule is CCOC(=O)C(C)c1nc2cc(C)c(C)cc2[nH]1. The van der Waals surface area contributed by atoms with Crippen LogP contribution < -0.4 is 0 Å². The van der Waals surface area contributed by atoms with Crippen molar-refractivity contribution in [3.8, 4) is 0 Å². The molecule has 0 fully saturated rings. The van der Waals surface area contributed by atoms with E-state index in [0.717, 1.165) is 11.0 Å². The number of benzene rings is 1. The fraction of sp³-hybridized carbons (Fsp3) is 0.429. The summed E-state index contributed by atoms with van der Waals surface area (Å²) in [6, 6.07) is 4.08. The van der Waals surface area contributed by atoms with Gasteiger partial charge in [-0.15, -0.1) is 0 Å². The average Bonchev–Trinajstić information content (AvgIpc) is 2.72. The van der Waals surface area contributed by atoms with Gasteiger partial charge in [0, 0.05) is 0 Å². The van der Waals surface area contributed by atoms with Gasteiger partial charge in [0.15, 0.2) is 0 Å². The quantitative estimate of drug-likeness (QED) is 0.847. The molecular weight excluding hydrogens is 228 g/mol. The number of hydrogen-bond donors (Lipinski definition) is 1. The Hall–Kier alpha value is -1.84. The molecule has 0 radical (unpaired) electrons. The summed E-state index contributed by atoms with van der Waals surface area (Å²) < 4.78 is 5.00. The second kappa shape index (κ2) is 4.80. The number of ether oxygens (including phenoxy) is 1. The third-order valence-electron chi connectivity index (χ3n) is 3.17. The van der Waals surface area contributed by atoms with Crippen LogP contribution >= 0.6 is 0 Å². The van der Waals surface area contributed by atoms with Crippen LogP contribution in [0.25, 0.3) is 11.0 Å². The van der Waals surface area contributed by atoms with Crippen molar-refractivity contribution < 1.29 is 9.53 Å². The Morgan fingerprint density at radius 1 is 1.39 bits per heavy atom. The van der Waals surface area contributed by atoms with Gasteiger partial charge in [0.25, 0.3) is 0 Å². The highest BCUT2D eigenvalue weighted by atomic mass is 16.5. The number of esters is 1. The molecule has 2 aromatic rings. The maximum atomic E-state index is 11.7. The second-order valence-corrected chi connectivity index (χ2v) is 4.55. The minimum atomic E-state index is -0.363. The maximum absolute atomic E-state index is 11.7. The lowest BCUT2D eigenvalue weighted by atomic mass is 10.1. The molecule has 18 heavy (non-hydrogen) atoms. The van der Waals surface area contributed by atoms with E-state index in [9.17, 15) is 4.79 Å². The van der Waals surface area contributed by atoms with E-state index in [4.69, 9.17) is 4.74 Å². The van der Waals surface area contributed by atoms with Crippen molar-refractivity contribution in [1.29, 1.82) is 0 Å². The van der Waals surface area contributed by atoms with E-state index in [1.165, 1.54) is 11.1 Å². The number of aryl methyl sites for hydroxylation is 2. The van der Waals surface area contributed by atoms with Gasteiger partial charge in [-0.1, -0.05) is 0 Å². The number of aromatic nitrogens is 2. The van der Waals surface area contributed by atoms with Crippen molar-refractivity contribution >= 4 is 17.0 Å². The van der Waals surface area contributed by atoms with Crippen LogP contribution in [0.4, 0.5) is 0 Å². The van der Waals surface area contributed by atoms with E-state index in [1.54, 1.807) is 13.8 Å². The van der Waals surface area contributed by atoms with Crippen LogP contribution in [-0.4, -0.2) is 22.5 Å². The standard InChI is InChI=1S/C14H18N2O2/c1-5-18-14(17)10(4)13-15-11-6-8(2)9(3)7-12(11)16-13/h6-7,10H,5H2,1-4H3,(H,15,16). The number of H-pyrrole nitrogens is 1. The molecule has 0 bridgehead atoms. The van der Waals surface area contributed by atoms with E-state index >= 15 is 0 Å². The van der Waals surface area contributed by atoms with E-state index in [1.807, 2.05) is 6.07 Å². The van der Waals surface area contributed by atoms with Crippen molar-refractivity contribution in [2.24, 2.45) is 0 Å². The largest absolute Gasteiger partial charge is 0.465 e. The fourth-order valence-corrected chi connectivity index (χ4v) is 1.87. The molecule has 1 aromatic heterocycles. The molecule has 0 aliphatic rings. The summed E-state index contributed by atoms with van der Waals surface area (Å²) >= 11 is 0. The molecule has 4 heteroatoms. The summed E-state index contributed by atoms with van der Waals surface area (Å²) in [6.07, 6.45) is 0. The summed E-state index contributed by atoms with van der Waals surface area (Å²) in [5, 5.41) is 0. The summed E-state index contributed by atoms with van der Waals surface area (Å²) in [7, 11) is 0. The van der Waals surface area contributed by atoms with Crippen LogP contribution in [0.1, 0.15) is 36.7 Å². The van der Waals surface area contributed by atoms with Gasteiger partial charge in [-0.2, -0.15) is 0 Å². The number of nitrogens with zero attached hydrogens (tertiary/aromatic N) is 1. The number of imidazole rings is 1. The highest BCUT2D eigenvalue weighted by molar-refractivity contribution is 5.81. The first kappa shape index (κ1) is 12.6. The molecular formula is C14H18N2O2. The predicted octanol–water partition coefficient (Wildman–Crippen LogP) is 2.85. The number of nitrogens with one attached hydrogen (secondary N) is 1. The Bertz CT molecular complexity index is 548. The zero-order valence-electron chi connectivity index (χ0n) is 11.2. The zero-order chi connectivity index (χ0) is 13.3. The Morgan fingerprint density at radius 2 is 2.06 bits per heavy atom. The van der Waals surface area contributed by atoms with E-state index in [-0.39, 0.29) is 11.9 Å². The average molecular weight is 246 g/mol. The van der Waals surface area contributed by atoms with Gasteiger partial charge >= 0.3 is 5.97 Å². The Morgan fingerprint density at radius 3 is 2.72 bits per heavy atom. The third-order valence-corrected chi connectivity index (χ3v) is 3.17. The van der Waals surface area contributed by atoms with Gasteiger partial charge in [0.2, 0.25) is 0 Å². The van der Waals surface area contributed by atoms with Crippen molar-refractivity contribution in [3.63, 3.8) is 0 Å². The minimum Gasteiger partial charge on any atom is -0.465 e.